The van der Waals surface area contributed by atoms with E-state index in [1.807, 2.05) is 0 Å². The van der Waals surface area contributed by atoms with Crippen LogP contribution in [0.4, 0.5) is 11.9 Å². The van der Waals surface area contributed by atoms with E-state index in [4.69, 9.17) is 15.0 Å². The lowest BCUT2D eigenvalue weighted by Gasteiger charge is -2.31. The second-order valence-corrected chi connectivity index (χ2v) is 9.20. The molecule has 0 bridgehead atoms. The summed E-state index contributed by atoms with van der Waals surface area (Å²) in [5.41, 5.74) is 1.07. The van der Waals surface area contributed by atoms with Crippen LogP contribution in [0.5, 0.6) is 0 Å². The van der Waals surface area contributed by atoms with Crippen LogP contribution in [0.1, 0.15) is 0 Å². The summed E-state index contributed by atoms with van der Waals surface area (Å²) in [5, 5.41) is 14.5. The van der Waals surface area contributed by atoms with Crippen LogP contribution in [0, 0.1) is 0 Å². The number of hydrogen-bond acceptors (Lipinski definition) is 7. The zero-order valence-electron chi connectivity index (χ0n) is 19.1. The topological polar surface area (TPSA) is 69.2 Å². The maximum Gasteiger partial charge on any atom is 0.230 e. The molecule has 2 saturated heterocycles. The monoisotopic (exact) mass is 449 g/mol. The molecule has 0 saturated carbocycles. The minimum Gasteiger partial charge on any atom is -0.338 e. The van der Waals surface area contributed by atoms with Crippen molar-refractivity contribution in [2.24, 2.45) is 0 Å². The van der Waals surface area contributed by atoms with Gasteiger partial charge in [-0.05, 0) is 38.4 Å². The molecular weight excluding hydrogens is 422 g/mol. The molecule has 5 aromatic rings. The van der Waals surface area contributed by atoms with Gasteiger partial charge in [-0.25, -0.2) is 0 Å². The minimum atomic E-state index is 0.759. The Morgan fingerprint density at radius 1 is 0.559 bits per heavy atom. The Morgan fingerprint density at radius 2 is 1.09 bits per heavy atom. The van der Waals surface area contributed by atoms with E-state index < -0.39 is 0 Å². The number of piperazine rings is 2. The molecule has 3 heterocycles. The van der Waals surface area contributed by atoms with Gasteiger partial charge in [0.25, 0.3) is 0 Å². The Kier molecular flexibility index (Phi) is 4.70. The Balaban J connectivity index is 1.45. The smallest absolute Gasteiger partial charge is 0.230 e. The second kappa shape index (κ2) is 8.04. The quantitative estimate of drug-likeness (QED) is 0.410. The van der Waals surface area contributed by atoms with Crippen LogP contribution in [-0.2, 0) is 0 Å². The largest absolute Gasteiger partial charge is 0.338 e. The van der Waals surface area contributed by atoms with Crippen LogP contribution in [0.3, 0.4) is 0 Å². The van der Waals surface area contributed by atoms with Gasteiger partial charge >= 0.3 is 0 Å². The number of aromatic nitrogens is 3. The number of benzene rings is 4. The SMILES string of the molecule is c1cc2ccc3ccc(-c4nc(N5CCNCC5)nc(N5CCNCC5)n4)c4ccc(c1)c2c34. The van der Waals surface area contributed by atoms with Gasteiger partial charge in [-0.2, -0.15) is 15.0 Å². The fraction of sp³-hybridized carbons (Fsp3) is 0.296. The van der Waals surface area contributed by atoms with Crippen LogP contribution < -0.4 is 20.4 Å². The van der Waals surface area contributed by atoms with E-state index in [1.54, 1.807) is 0 Å². The summed E-state index contributed by atoms with van der Waals surface area (Å²) in [6, 6.07) is 19.8. The predicted octanol–water partition coefficient (Wildman–Crippen LogP) is 3.26. The van der Waals surface area contributed by atoms with Gasteiger partial charge in [0.05, 0.1) is 0 Å². The van der Waals surface area contributed by atoms with E-state index in [0.717, 1.165) is 75.6 Å². The Labute approximate surface area is 198 Å². The molecule has 1 aromatic heterocycles. The molecule has 7 rings (SSSR count). The number of nitrogens with one attached hydrogen (secondary N) is 2. The van der Waals surface area contributed by atoms with Gasteiger partial charge in [-0.3, -0.25) is 0 Å². The highest BCUT2D eigenvalue weighted by Gasteiger charge is 2.22. The average molecular weight is 450 g/mol. The molecule has 0 atom stereocenters. The summed E-state index contributed by atoms with van der Waals surface area (Å²) < 4.78 is 0. The molecular formula is C27H27N7. The van der Waals surface area contributed by atoms with Gasteiger partial charge in [-0.15, -0.1) is 0 Å². The molecule has 170 valence electrons. The van der Waals surface area contributed by atoms with Crippen molar-refractivity contribution in [2.45, 2.75) is 0 Å². The summed E-state index contributed by atoms with van der Waals surface area (Å²) in [6.07, 6.45) is 0. The third kappa shape index (κ3) is 3.23. The number of hydrogen-bond donors (Lipinski definition) is 2. The molecule has 0 spiro atoms. The highest BCUT2D eigenvalue weighted by molar-refractivity contribution is 6.25. The first-order chi connectivity index (χ1) is 16.8. The van der Waals surface area contributed by atoms with Crippen molar-refractivity contribution in [1.29, 1.82) is 0 Å². The van der Waals surface area contributed by atoms with Crippen LogP contribution in [-0.4, -0.2) is 67.3 Å². The van der Waals surface area contributed by atoms with Crippen molar-refractivity contribution in [1.82, 2.24) is 25.6 Å². The van der Waals surface area contributed by atoms with Crippen molar-refractivity contribution >= 4 is 44.2 Å². The highest BCUT2D eigenvalue weighted by Crippen LogP contribution is 2.38. The Morgan fingerprint density at radius 3 is 1.71 bits per heavy atom. The summed E-state index contributed by atoms with van der Waals surface area (Å²) in [7, 11) is 0. The van der Waals surface area contributed by atoms with E-state index in [1.165, 1.54) is 32.3 Å². The fourth-order valence-electron chi connectivity index (χ4n) is 5.42. The van der Waals surface area contributed by atoms with Crippen LogP contribution in [0.25, 0.3) is 43.7 Å². The van der Waals surface area contributed by atoms with Crippen molar-refractivity contribution in [3.63, 3.8) is 0 Å². The first kappa shape index (κ1) is 19.9. The van der Waals surface area contributed by atoms with Gasteiger partial charge in [0.2, 0.25) is 11.9 Å². The van der Waals surface area contributed by atoms with E-state index in [-0.39, 0.29) is 0 Å². The van der Waals surface area contributed by atoms with E-state index in [9.17, 15) is 0 Å². The Bertz CT molecular complexity index is 1430. The normalized spacial score (nSPS) is 17.3. The van der Waals surface area contributed by atoms with E-state index in [0.29, 0.717) is 0 Å². The minimum absolute atomic E-state index is 0.759. The molecule has 0 unspecified atom stereocenters. The molecule has 34 heavy (non-hydrogen) atoms. The van der Waals surface area contributed by atoms with Gasteiger partial charge in [0, 0.05) is 57.9 Å². The molecule has 7 nitrogen and oxygen atoms in total. The molecule has 7 heteroatoms. The zero-order valence-corrected chi connectivity index (χ0v) is 19.1. The highest BCUT2D eigenvalue weighted by atomic mass is 15.4. The van der Waals surface area contributed by atoms with Gasteiger partial charge in [0.1, 0.15) is 0 Å². The first-order valence-electron chi connectivity index (χ1n) is 12.2. The van der Waals surface area contributed by atoms with Crippen LogP contribution >= 0.6 is 0 Å². The molecule has 2 aliphatic heterocycles. The number of rotatable bonds is 3. The molecule has 0 radical (unpaired) electrons. The number of nitrogens with zero attached hydrogens (tertiary/aromatic N) is 5. The zero-order chi connectivity index (χ0) is 22.5. The maximum absolute atomic E-state index is 5.04. The van der Waals surface area contributed by atoms with Gasteiger partial charge in [0.15, 0.2) is 5.82 Å². The third-order valence-corrected chi connectivity index (χ3v) is 7.18. The van der Waals surface area contributed by atoms with E-state index >= 15 is 0 Å². The molecule has 2 N–H and O–H groups in total. The summed E-state index contributed by atoms with van der Waals surface area (Å²) >= 11 is 0. The van der Waals surface area contributed by atoms with Gasteiger partial charge in [-0.1, -0.05) is 48.5 Å². The van der Waals surface area contributed by atoms with E-state index in [2.05, 4.69) is 75.0 Å². The summed E-state index contributed by atoms with van der Waals surface area (Å²) in [6.45, 7) is 7.41. The average Bonchev–Trinajstić information content (AvgIpc) is 2.92. The lowest BCUT2D eigenvalue weighted by Crippen LogP contribution is -2.46. The lowest BCUT2D eigenvalue weighted by molar-refractivity contribution is 0.568. The number of anilines is 2. The summed E-state index contributed by atoms with van der Waals surface area (Å²) in [4.78, 5) is 19.6. The van der Waals surface area contributed by atoms with Crippen LogP contribution in [0.15, 0.2) is 54.6 Å². The summed E-state index contributed by atoms with van der Waals surface area (Å²) in [5.74, 6) is 2.33. The van der Waals surface area contributed by atoms with Crippen molar-refractivity contribution in [3.8, 4) is 11.4 Å². The standard InChI is InChI=1S/C27H27N7/c1-2-18-4-5-20-7-9-22(21-8-6-19(3-1)23(18)24(20)21)25-30-26(33-14-10-28-11-15-33)32-27(31-25)34-16-12-29-13-17-34/h1-9,28-29H,10-17H2. The Hall–Kier alpha value is -3.55. The molecule has 2 aliphatic rings. The van der Waals surface area contributed by atoms with Crippen molar-refractivity contribution in [3.05, 3.63) is 54.6 Å². The molecule has 0 amide bonds. The van der Waals surface area contributed by atoms with Gasteiger partial charge < -0.3 is 20.4 Å². The molecule has 4 aromatic carbocycles. The third-order valence-electron chi connectivity index (χ3n) is 7.18. The molecule has 0 aliphatic carbocycles. The van der Waals surface area contributed by atoms with Crippen LogP contribution in [0.2, 0.25) is 0 Å². The lowest BCUT2D eigenvalue weighted by atomic mass is 9.92. The molecule has 2 fully saturated rings. The maximum atomic E-state index is 5.04. The van der Waals surface area contributed by atoms with Crippen molar-refractivity contribution < 1.29 is 0 Å². The fourth-order valence-corrected chi connectivity index (χ4v) is 5.42. The van der Waals surface area contributed by atoms with Crippen molar-refractivity contribution in [2.75, 3.05) is 62.2 Å². The predicted molar refractivity (Wildman–Crippen MR) is 139 cm³/mol. The second-order valence-electron chi connectivity index (χ2n) is 9.20. The first-order valence-corrected chi connectivity index (χ1v) is 12.2.